The second kappa shape index (κ2) is 7.15. The van der Waals surface area contributed by atoms with Gasteiger partial charge in [-0.3, -0.25) is 0 Å². The van der Waals surface area contributed by atoms with Crippen molar-refractivity contribution >= 4 is 0 Å². The average Bonchev–Trinajstić information content (AvgIpc) is 2.01. The van der Waals surface area contributed by atoms with Gasteiger partial charge in [-0.05, 0) is 39.0 Å². The molecule has 0 bridgehead atoms. The number of hydrogen-bond acceptors (Lipinski definition) is 0. The summed E-state index contributed by atoms with van der Waals surface area (Å²) in [6.07, 6.45) is 10.2. The van der Waals surface area contributed by atoms with Gasteiger partial charge in [0.1, 0.15) is 0 Å². The maximum absolute atomic E-state index is 2.29. The van der Waals surface area contributed by atoms with Gasteiger partial charge in [0.2, 0.25) is 0 Å². The lowest BCUT2D eigenvalue weighted by Gasteiger charge is -2.03. The number of rotatable bonds is 5. The Morgan fingerprint density at radius 2 is 1.67 bits per heavy atom. The summed E-state index contributed by atoms with van der Waals surface area (Å²) in [6.45, 7) is 8.69. The topological polar surface area (TPSA) is 0 Å². The average molecular weight is 165 g/mol. The highest BCUT2D eigenvalue weighted by Gasteiger charge is 1.96. The van der Waals surface area contributed by atoms with Crippen LogP contribution < -0.4 is 0 Å². The largest absolute Gasteiger partial charge is 0.0888 e. The molecule has 0 saturated carbocycles. The summed E-state index contributed by atoms with van der Waals surface area (Å²) in [5.74, 6) is 1.54. The van der Waals surface area contributed by atoms with Crippen LogP contribution in [-0.2, 0) is 0 Å². The molecule has 12 heavy (non-hydrogen) atoms. The third-order valence-corrected chi connectivity index (χ3v) is 1.73. The lowest BCUT2D eigenvalue weighted by molar-refractivity contribution is 0.901. The second-order valence-corrected chi connectivity index (χ2v) is 3.53. The molecule has 69 valence electrons. The first kappa shape index (κ1) is 11.5. The highest BCUT2D eigenvalue weighted by molar-refractivity contribution is 5.04. The fourth-order valence-electron chi connectivity index (χ4n) is 0.913. The van der Waals surface area contributed by atoms with E-state index in [9.17, 15) is 0 Å². The Balaban J connectivity index is 3.53. The zero-order valence-corrected chi connectivity index (χ0v) is 8.85. The van der Waals surface area contributed by atoms with Crippen LogP contribution in [0, 0.1) is 5.92 Å². The molecule has 0 aromatic rings. The summed E-state index contributed by atoms with van der Waals surface area (Å²) in [5.41, 5.74) is 1.41. The molecule has 0 rings (SSSR count). The predicted molar refractivity (Wildman–Crippen MR) is 57.0 cm³/mol. The van der Waals surface area contributed by atoms with Crippen LogP contribution in [0.15, 0.2) is 23.8 Å². The fourth-order valence-corrected chi connectivity index (χ4v) is 0.913. The minimum atomic E-state index is 1.14. The third-order valence-electron chi connectivity index (χ3n) is 1.73. The SMILES string of the molecule is CC/C=C\C[C](C)CC=C(C)C. The molecule has 0 aliphatic heterocycles. The Morgan fingerprint density at radius 1 is 1.00 bits per heavy atom. The molecule has 0 N–H and O–H groups in total. The van der Waals surface area contributed by atoms with Crippen molar-refractivity contribution in [3.05, 3.63) is 29.7 Å². The fraction of sp³-hybridized carbons (Fsp3) is 0.583. The Kier molecular flexibility index (Phi) is 6.84. The van der Waals surface area contributed by atoms with E-state index in [1.54, 1.807) is 5.92 Å². The van der Waals surface area contributed by atoms with Gasteiger partial charge in [-0.15, -0.1) is 0 Å². The smallest absolute Gasteiger partial charge is 0.0197 e. The van der Waals surface area contributed by atoms with Crippen LogP contribution in [0.25, 0.3) is 0 Å². The van der Waals surface area contributed by atoms with Gasteiger partial charge in [0.15, 0.2) is 0 Å². The van der Waals surface area contributed by atoms with E-state index in [4.69, 9.17) is 0 Å². The van der Waals surface area contributed by atoms with E-state index in [-0.39, 0.29) is 0 Å². The van der Waals surface area contributed by atoms with Gasteiger partial charge in [0.05, 0.1) is 0 Å². The highest BCUT2D eigenvalue weighted by Crippen LogP contribution is 2.12. The van der Waals surface area contributed by atoms with E-state index >= 15 is 0 Å². The molecule has 0 spiro atoms. The van der Waals surface area contributed by atoms with Crippen LogP contribution in [-0.4, -0.2) is 0 Å². The van der Waals surface area contributed by atoms with Gasteiger partial charge in [0.25, 0.3) is 0 Å². The van der Waals surface area contributed by atoms with Gasteiger partial charge in [0, 0.05) is 0 Å². The Labute approximate surface area is 77.4 Å². The molecule has 0 nitrogen and oxygen atoms in total. The summed E-state index contributed by atoms with van der Waals surface area (Å²) >= 11 is 0. The summed E-state index contributed by atoms with van der Waals surface area (Å²) < 4.78 is 0. The maximum Gasteiger partial charge on any atom is -0.0197 e. The van der Waals surface area contributed by atoms with Crippen LogP contribution in [0.5, 0.6) is 0 Å². The van der Waals surface area contributed by atoms with E-state index < -0.39 is 0 Å². The quantitative estimate of drug-likeness (QED) is 0.533. The Hall–Kier alpha value is -0.520. The van der Waals surface area contributed by atoms with Crippen molar-refractivity contribution in [2.45, 2.75) is 47.0 Å². The molecular formula is C12H21. The molecule has 0 atom stereocenters. The van der Waals surface area contributed by atoms with E-state index in [2.05, 4.69) is 45.9 Å². The summed E-state index contributed by atoms with van der Waals surface area (Å²) in [7, 11) is 0. The maximum atomic E-state index is 2.29. The van der Waals surface area contributed by atoms with Crippen molar-refractivity contribution in [2.24, 2.45) is 0 Å². The van der Waals surface area contributed by atoms with Crippen molar-refractivity contribution in [3.8, 4) is 0 Å². The molecular weight excluding hydrogens is 144 g/mol. The van der Waals surface area contributed by atoms with Gasteiger partial charge in [-0.25, -0.2) is 0 Å². The minimum Gasteiger partial charge on any atom is -0.0888 e. The monoisotopic (exact) mass is 165 g/mol. The third kappa shape index (κ3) is 7.59. The molecule has 0 aromatic heterocycles. The normalized spacial score (nSPS) is 11.1. The second-order valence-electron chi connectivity index (χ2n) is 3.53. The molecule has 0 aromatic carbocycles. The van der Waals surface area contributed by atoms with Crippen LogP contribution in [0.3, 0.4) is 0 Å². The van der Waals surface area contributed by atoms with Crippen LogP contribution in [0.4, 0.5) is 0 Å². The van der Waals surface area contributed by atoms with E-state index in [1.807, 2.05) is 0 Å². The van der Waals surface area contributed by atoms with Gasteiger partial charge in [-0.1, -0.05) is 37.6 Å². The Morgan fingerprint density at radius 3 is 2.17 bits per heavy atom. The number of allylic oxidation sites excluding steroid dienone is 4. The van der Waals surface area contributed by atoms with Crippen molar-refractivity contribution in [1.29, 1.82) is 0 Å². The molecule has 0 heterocycles. The molecule has 0 fully saturated rings. The first-order chi connectivity index (χ1) is 5.66. The van der Waals surface area contributed by atoms with E-state index in [0.29, 0.717) is 0 Å². The zero-order valence-electron chi connectivity index (χ0n) is 8.85. The molecule has 0 heteroatoms. The van der Waals surface area contributed by atoms with Gasteiger partial charge >= 0.3 is 0 Å². The molecule has 1 radical (unpaired) electrons. The zero-order chi connectivity index (χ0) is 9.40. The molecule has 0 unspecified atom stereocenters. The first-order valence-corrected chi connectivity index (χ1v) is 4.76. The van der Waals surface area contributed by atoms with Crippen molar-refractivity contribution < 1.29 is 0 Å². The molecule has 0 amide bonds. The molecule has 0 saturated heterocycles. The first-order valence-electron chi connectivity index (χ1n) is 4.76. The lowest BCUT2D eigenvalue weighted by atomic mass is 10.0. The molecule has 0 aliphatic rings. The van der Waals surface area contributed by atoms with Crippen LogP contribution >= 0.6 is 0 Å². The summed E-state index contributed by atoms with van der Waals surface area (Å²) in [4.78, 5) is 0. The Bertz CT molecular complexity index is 147. The van der Waals surface area contributed by atoms with Crippen molar-refractivity contribution in [3.63, 3.8) is 0 Å². The summed E-state index contributed by atoms with van der Waals surface area (Å²) in [6, 6.07) is 0. The highest BCUT2D eigenvalue weighted by atomic mass is 14.0. The molecule has 0 aliphatic carbocycles. The van der Waals surface area contributed by atoms with Gasteiger partial charge < -0.3 is 0 Å². The van der Waals surface area contributed by atoms with Gasteiger partial charge in [-0.2, -0.15) is 0 Å². The van der Waals surface area contributed by atoms with Crippen LogP contribution in [0.1, 0.15) is 47.0 Å². The predicted octanol–water partition coefficient (Wildman–Crippen LogP) is 4.29. The van der Waals surface area contributed by atoms with Crippen molar-refractivity contribution in [1.82, 2.24) is 0 Å². The van der Waals surface area contributed by atoms with Crippen LogP contribution in [0.2, 0.25) is 0 Å². The lowest BCUT2D eigenvalue weighted by Crippen LogP contribution is -1.86. The van der Waals surface area contributed by atoms with E-state index in [1.165, 1.54) is 5.57 Å². The summed E-state index contributed by atoms with van der Waals surface area (Å²) in [5, 5.41) is 0. The number of hydrogen-bond donors (Lipinski definition) is 0. The minimum absolute atomic E-state index is 1.14. The standard InChI is InChI=1S/C12H21/c1-5-6-7-8-12(4)10-9-11(2)3/h6-7,9H,5,8,10H2,1-4H3/b7-6-. The van der Waals surface area contributed by atoms with E-state index in [0.717, 1.165) is 19.3 Å². The van der Waals surface area contributed by atoms with Crippen molar-refractivity contribution in [2.75, 3.05) is 0 Å².